The quantitative estimate of drug-likeness (QED) is 0.760. The Morgan fingerprint density at radius 1 is 1.04 bits per heavy atom. The molecule has 2 bridgehead atoms. The molecule has 0 N–H and O–H groups in total. The van der Waals surface area contributed by atoms with E-state index in [-0.39, 0.29) is 12.1 Å². The van der Waals surface area contributed by atoms with E-state index >= 15 is 0 Å². The third-order valence-electron chi connectivity index (χ3n) is 7.03. The van der Waals surface area contributed by atoms with Gasteiger partial charge in [0.1, 0.15) is 17.3 Å². The molecule has 0 radical (unpaired) electrons. The molecule has 5 rings (SSSR count). The molecule has 0 saturated carbocycles. The summed E-state index contributed by atoms with van der Waals surface area (Å²) in [5.74, 6) is 0.668. The summed E-state index contributed by atoms with van der Waals surface area (Å²) >= 11 is 0. The number of fused-ring (bicyclic) bond motifs is 3. The predicted octanol–water partition coefficient (Wildman–Crippen LogP) is 3.92. The van der Waals surface area contributed by atoms with Gasteiger partial charge < -0.3 is 14.4 Å². The number of ether oxygens (including phenoxy) is 2. The Morgan fingerprint density at radius 3 is 2.46 bits per heavy atom. The van der Waals surface area contributed by atoms with Crippen molar-refractivity contribution >= 4 is 5.97 Å². The molecule has 4 nitrogen and oxygen atoms in total. The minimum Gasteiger partial charge on any atom is -0.493 e. The van der Waals surface area contributed by atoms with E-state index in [0.29, 0.717) is 25.1 Å². The molecule has 0 amide bonds. The normalized spacial score (nSPS) is 31.7. The first-order valence-electron chi connectivity index (χ1n) is 10.4. The molecule has 4 atom stereocenters. The summed E-state index contributed by atoms with van der Waals surface area (Å²) in [6.45, 7) is 0.514. The Labute approximate surface area is 166 Å². The van der Waals surface area contributed by atoms with Gasteiger partial charge in [-0.1, -0.05) is 48.5 Å². The summed E-state index contributed by atoms with van der Waals surface area (Å²) in [6, 6.07) is 19.1. The number of para-hydroxylation sites is 1. The van der Waals surface area contributed by atoms with Crippen LogP contribution in [0.1, 0.15) is 43.2 Å². The van der Waals surface area contributed by atoms with Crippen molar-refractivity contribution in [2.24, 2.45) is 0 Å². The molecule has 3 heterocycles. The van der Waals surface area contributed by atoms with Crippen LogP contribution in [0.5, 0.6) is 5.75 Å². The highest BCUT2D eigenvalue weighted by molar-refractivity contribution is 5.89. The second-order valence-electron chi connectivity index (χ2n) is 8.42. The average molecular weight is 377 g/mol. The molecule has 0 spiro atoms. The van der Waals surface area contributed by atoms with Gasteiger partial charge >= 0.3 is 5.97 Å². The fourth-order valence-electron chi connectivity index (χ4n) is 5.46. The fraction of sp³-hybridized carbons (Fsp3) is 0.458. The summed E-state index contributed by atoms with van der Waals surface area (Å²) in [6.07, 6.45) is 4.94. The number of carbonyl (C=O) groups is 1. The van der Waals surface area contributed by atoms with Gasteiger partial charge in [0.15, 0.2) is 0 Å². The zero-order valence-corrected chi connectivity index (χ0v) is 16.3. The maximum absolute atomic E-state index is 13.8. The fourth-order valence-corrected chi connectivity index (χ4v) is 5.46. The average Bonchev–Trinajstić information content (AvgIpc) is 2.94. The van der Waals surface area contributed by atoms with E-state index < -0.39 is 5.41 Å². The minimum absolute atomic E-state index is 0.0109. The van der Waals surface area contributed by atoms with Crippen LogP contribution in [-0.2, 0) is 14.9 Å². The summed E-state index contributed by atoms with van der Waals surface area (Å²) < 4.78 is 12.1. The van der Waals surface area contributed by atoms with Crippen LogP contribution in [-0.4, -0.2) is 42.7 Å². The largest absolute Gasteiger partial charge is 0.493 e. The van der Waals surface area contributed by atoms with Crippen LogP contribution in [0.25, 0.3) is 0 Å². The number of benzene rings is 2. The van der Waals surface area contributed by atoms with Crippen LogP contribution in [0.15, 0.2) is 54.6 Å². The van der Waals surface area contributed by atoms with Crippen LogP contribution in [0.3, 0.4) is 0 Å². The van der Waals surface area contributed by atoms with Crippen molar-refractivity contribution in [2.75, 3.05) is 13.7 Å². The van der Waals surface area contributed by atoms with E-state index in [4.69, 9.17) is 9.47 Å². The molecule has 3 aliphatic heterocycles. The van der Waals surface area contributed by atoms with E-state index in [0.717, 1.165) is 29.7 Å². The van der Waals surface area contributed by atoms with Crippen molar-refractivity contribution in [3.05, 3.63) is 65.7 Å². The van der Waals surface area contributed by atoms with Gasteiger partial charge in [0.05, 0.1) is 6.61 Å². The lowest BCUT2D eigenvalue weighted by atomic mass is 9.70. The van der Waals surface area contributed by atoms with Gasteiger partial charge in [-0.3, -0.25) is 4.79 Å². The molecule has 0 aliphatic carbocycles. The zero-order valence-electron chi connectivity index (χ0n) is 16.3. The monoisotopic (exact) mass is 377 g/mol. The maximum Gasteiger partial charge on any atom is 0.321 e. The summed E-state index contributed by atoms with van der Waals surface area (Å²) in [7, 11) is 2.21. The van der Waals surface area contributed by atoms with Crippen molar-refractivity contribution in [3.8, 4) is 5.75 Å². The molecule has 4 heteroatoms. The van der Waals surface area contributed by atoms with Crippen molar-refractivity contribution in [1.29, 1.82) is 0 Å². The highest BCUT2D eigenvalue weighted by atomic mass is 16.5. The highest BCUT2D eigenvalue weighted by Gasteiger charge is 2.49. The number of nitrogens with zero attached hydrogens (tertiary/aromatic N) is 1. The standard InChI is InChI=1S/C24H27NO3/c1-25-18-11-12-19(25)16-20(15-18)28-23(26)24(17-7-3-2-4-8-17)13-14-27-22-10-6-5-9-21(22)24/h2-10,18-20H,11-16H2,1H3/t18-,19+,20?,24?. The zero-order chi connectivity index (χ0) is 19.1. The van der Waals surface area contributed by atoms with Gasteiger partial charge in [0, 0.05) is 24.1 Å². The predicted molar refractivity (Wildman–Crippen MR) is 107 cm³/mol. The topological polar surface area (TPSA) is 38.8 Å². The number of piperidine rings is 1. The second-order valence-corrected chi connectivity index (χ2v) is 8.42. The summed E-state index contributed by atoms with van der Waals surface area (Å²) in [4.78, 5) is 16.2. The molecular weight excluding hydrogens is 350 g/mol. The SMILES string of the molecule is CN1[C@@H]2CC[C@H]1CC(OC(=O)C1(c3ccccc3)CCOc3ccccc31)C2. The number of carbonyl (C=O) groups excluding carboxylic acids is 1. The molecule has 2 aromatic carbocycles. The number of esters is 1. The lowest BCUT2D eigenvalue weighted by molar-refractivity contribution is -0.159. The van der Waals surface area contributed by atoms with E-state index in [9.17, 15) is 4.79 Å². The Bertz CT molecular complexity index is 853. The molecule has 3 aliphatic rings. The van der Waals surface area contributed by atoms with Crippen LogP contribution >= 0.6 is 0 Å². The van der Waals surface area contributed by atoms with Gasteiger partial charge in [0.2, 0.25) is 0 Å². The van der Waals surface area contributed by atoms with E-state index in [2.05, 4.69) is 11.9 Å². The Kier molecular flexibility index (Phi) is 4.39. The van der Waals surface area contributed by atoms with Gasteiger partial charge in [-0.05, 0) is 44.4 Å². The smallest absolute Gasteiger partial charge is 0.321 e. The third-order valence-corrected chi connectivity index (χ3v) is 7.03. The van der Waals surface area contributed by atoms with Crippen LogP contribution in [0, 0.1) is 0 Å². The first kappa shape index (κ1) is 17.7. The number of hydrogen-bond acceptors (Lipinski definition) is 4. The first-order valence-corrected chi connectivity index (χ1v) is 10.4. The van der Waals surface area contributed by atoms with E-state index in [1.165, 1.54) is 12.8 Å². The molecular formula is C24H27NO3. The van der Waals surface area contributed by atoms with Gasteiger partial charge in [-0.25, -0.2) is 0 Å². The lowest BCUT2D eigenvalue weighted by Gasteiger charge is -2.40. The molecule has 2 fully saturated rings. The Hall–Kier alpha value is -2.33. The van der Waals surface area contributed by atoms with Crippen molar-refractivity contribution in [1.82, 2.24) is 4.90 Å². The molecule has 28 heavy (non-hydrogen) atoms. The van der Waals surface area contributed by atoms with Crippen molar-refractivity contribution in [2.45, 2.75) is 55.7 Å². The third kappa shape index (κ3) is 2.74. The second kappa shape index (κ2) is 6.93. The number of rotatable bonds is 3. The van der Waals surface area contributed by atoms with Gasteiger partial charge in [-0.2, -0.15) is 0 Å². The molecule has 2 unspecified atom stereocenters. The molecule has 2 saturated heterocycles. The van der Waals surface area contributed by atoms with Crippen molar-refractivity contribution < 1.29 is 14.3 Å². The molecule has 2 aromatic rings. The lowest BCUT2D eigenvalue weighted by Crippen LogP contribution is -2.48. The van der Waals surface area contributed by atoms with E-state index in [1.807, 2.05) is 54.6 Å². The maximum atomic E-state index is 13.8. The Balaban J connectivity index is 1.51. The molecule has 0 aromatic heterocycles. The first-order chi connectivity index (χ1) is 13.7. The van der Waals surface area contributed by atoms with Crippen LogP contribution in [0.4, 0.5) is 0 Å². The minimum atomic E-state index is -0.793. The van der Waals surface area contributed by atoms with Gasteiger partial charge in [0.25, 0.3) is 0 Å². The van der Waals surface area contributed by atoms with Crippen LogP contribution < -0.4 is 4.74 Å². The van der Waals surface area contributed by atoms with Crippen molar-refractivity contribution in [3.63, 3.8) is 0 Å². The Morgan fingerprint density at radius 2 is 1.71 bits per heavy atom. The molecule has 146 valence electrons. The van der Waals surface area contributed by atoms with E-state index in [1.54, 1.807) is 0 Å². The highest BCUT2D eigenvalue weighted by Crippen LogP contribution is 2.45. The summed E-state index contributed by atoms with van der Waals surface area (Å²) in [5, 5.41) is 0. The summed E-state index contributed by atoms with van der Waals surface area (Å²) in [5.41, 5.74) is 1.12. The van der Waals surface area contributed by atoms with Crippen LogP contribution in [0.2, 0.25) is 0 Å². The number of hydrogen-bond donors (Lipinski definition) is 0. The van der Waals surface area contributed by atoms with Gasteiger partial charge in [-0.15, -0.1) is 0 Å².